The van der Waals surface area contributed by atoms with Gasteiger partial charge < -0.3 is 10.2 Å². The Labute approximate surface area is 184 Å². The van der Waals surface area contributed by atoms with Crippen LogP contribution in [-0.2, 0) is 16.0 Å². The monoisotopic (exact) mass is 420 g/mol. The average Bonchev–Trinajstić information content (AvgIpc) is 3.50. The topological polar surface area (TPSA) is 75.2 Å². The number of nitrogens with zero attached hydrogens (tertiary/aromatic N) is 3. The van der Waals surface area contributed by atoms with Crippen molar-refractivity contribution in [3.8, 4) is 11.1 Å². The number of carbonyl (C=O) groups is 2. The number of nitrogens with one attached hydrogen (secondary N) is 1. The van der Waals surface area contributed by atoms with Crippen LogP contribution in [0.15, 0.2) is 43.0 Å². The molecular weight excluding hydrogens is 388 g/mol. The molecule has 2 fully saturated rings. The summed E-state index contributed by atoms with van der Waals surface area (Å²) in [4.78, 5) is 36.8. The maximum atomic E-state index is 13.5. The van der Waals surface area contributed by atoms with E-state index in [1.54, 1.807) is 12.4 Å². The Balaban J connectivity index is 1.67. The minimum absolute atomic E-state index is 0.0444. The summed E-state index contributed by atoms with van der Waals surface area (Å²) >= 11 is 0. The van der Waals surface area contributed by atoms with Gasteiger partial charge in [-0.3, -0.25) is 9.59 Å². The molecule has 0 spiro atoms. The molecule has 1 aromatic carbocycles. The van der Waals surface area contributed by atoms with Gasteiger partial charge in [0.2, 0.25) is 11.8 Å². The molecule has 1 aliphatic heterocycles. The van der Waals surface area contributed by atoms with Gasteiger partial charge in [-0.15, -0.1) is 0 Å². The number of hydrogen-bond acceptors (Lipinski definition) is 4. The number of amides is 2. The Bertz CT molecular complexity index is 946. The van der Waals surface area contributed by atoms with Gasteiger partial charge in [0.05, 0.1) is 5.41 Å². The molecule has 2 aromatic rings. The van der Waals surface area contributed by atoms with Crippen LogP contribution in [0.5, 0.6) is 0 Å². The molecule has 1 saturated heterocycles. The fourth-order valence-electron chi connectivity index (χ4n) is 4.80. The quantitative estimate of drug-likeness (QED) is 0.776. The zero-order chi connectivity index (χ0) is 22.0. The van der Waals surface area contributed by atoms with Gasteiger partial charge in [-0.1, -0.05) is 31.2 Å². The minimum Gasteiger partial charge on any atom is -0.353 e. The van der Waals surface area contributed by atoms with E-state index in [2.05, 4.69) is 34.3 Å². The first-order chi connectivity index (χ1) is 14.9. The van der Waals surface area contributed by atoms with E-state index in [9.17, 15) is 9.59 Å². The summed E-state index contributed by atoms with van der Waals surface area (Å²) in [6.45, 7) is 7.32. The van der Waals surface area contributed by atoms with Crippen molar-refractivity contribution >= 4 is 11.8 Å². The molecular formula is C25H32N4O2. The third kappa shape index (κ3) is 4.63. The van der Waals surface area contributed by atoms with Crippen molar-refractivity contribution in [3.05, 3.63) is 48.5 Å². The SMILES string of the molecule is CC(C)NC(=O)[C@]1(Cc2ccccc2-c2cncnc2)CCCN(C(=O)[C@H]2C[C@@H]2C)C1. The second-order valence-electron chi connectivity index (χ2n) is 9.55. The Morgan fingerprint density at radius 2 is 1.94 bits per heavy atom. The van der Waals surface area contributed by atoms with E-state index in [0.29, 0.717) is 18.9 Å². The predicted molar refractivity (Wildman–Crippen MR) is 120 cm³/mol. The highest BCUT2D eigenvalue weighted by atomic mass is 16.2. The normalized spacial score (nSPS) is 25.4. The predicted octanol–water partition coefficient (Wildman–Crippen LogP) is 3.48. The molecule has 0 bridgehead atoms. The highest BCUT2D eigenvalue weighted by Crippen LogP contribution is 2.42. The lowest BCUT2D eigenvalue weighted by atomic mass is 9.73. The molecule has 1 aliphatic carbocycles. The maximum Gasteiger partial charge on any atom is 0.228 e. The van der Waals surface area contributed by atoms with Crippen LogP contribution in [0.2, 0.25) is 0 Å². The summed E-state index contributed by atoms with van der Waals surface area (Å²) in [7, 11) is 0. The van der Waals surface area contributed by atoms with Crippen molar-refractivity contribution in [2.45, 2.75) is 52.5 Å². The number of carbonyl (C=O) groups excluding carboxylic acids is 2. The third-order valence-electron chi connectivity index (χ3n) is 6.63. The van der Waals surface area contributed by atoms with Crippen molar-refractivity contribution < 1.29 is 9.59 Å². The molecule has 4 rings (SSSR count). The van der Waals surface area contributed by atoms with E-state index in [1.807, 2.05) is 30.9 Å². The van der Waals surface area contributed by atoms with Crippen molar-refractivity contribution in [2.75, 3.05) is 13.1 Å². The van der Waals surface area contributed by atoms with E-state index < -0.39 is 5.41 Å². The first-order valence-electron chi connectivity index (χ1n) is 11.3. The van der Waals surface area contributed by atoms with Gasteiger partial charge in [0.25, 0.3) is 0 Å². The Morgan fingerprint density at radius 3 is 2.61 bits per heavy atom. The standard InChI is InChI=1S/C25H32N4O2/c1-17(2)28-24(31)25(9-6-10-29(15-25)23(30)22-11-18(22)3)12-19-7-4-5-8-21(19)20-13-26-16-27-14-20/h4-5,7-8,13-14,16-18,22H,6,9-12,15H2,1-3H3,(H,28,31)/t18-,22-,25-/m0/s1. The number of benzene rings is 1. The van der Waals surface area contributed by atoms with Crippen LogP contribution >= 0.6 is 0 Å². The van der Waals surface area contributed by atoms with Gasteiger partial charge >= 0.3 is 0 Å². The van der Waals surface area contributed by atoms with E-state index >= 15 is 0 Å². The summed E-state index contributed by atoms with van der Waals surface area (Å²) < 4.78 is 0. The van der Waals surface area contributed by atoms with Crippen LogP contribution in [0.4, 0.5) is 0 Å². The molecule has 1 aromatic heterocycles. The first kappa shape index (κ1) is 21.5. The summed E-state index contributed by atoms with van der Waals surface area (Å²) in [5.41, 5.74) is 2.43. The molecule has 1 saturated carbocycles. The summed E-state index contributed by atoms with van der Waals surface area (Å²) in [6, 6.07) is 8.19. The second kappa shape index (κ2) is 8.77. The summed E-state index contributed by atoms with van der Waals surface area (Å²) in [5.74, 6) is 0.867. The molecule has 2 aliphatic rings. The molecule has 0 radical (unpaired) electrons. The molecule has 3 atom stereocenters. The van der Waals surface area contributed by atoms with E-state index in [0.717, 1.165) is 42.5 Å². The van der Waals surface area contributed by atoms with Crippen molar-refractivity contribution in [1.82, 2.24) is 20.2 Å². The molecule has 2 amide bonds. The van der Waals surface area contributed by atoms with Crippen LogP contribution in [0.1, 0.15) is 45.6 Å². The molecule has 1 N–H and O–H groups in total. The van der Waals surface area contributed by atoms with Gasteiger partial charge in [0.1, 0.15) is 6.33 Å². The van der Waals surface area contributed by atoms with Crippen molar-refractivity contribution in [2.24, 2.45) is 17.3 Å². The van der Waals surface area contributed by atoms with Gasteiger partial charge in [0.15, 0.2) is 0 Å². The summed E-state index contributed by atoms with van der Waals surface area (Å²) in [6.07, 6.45) is 8.30. The van der Waals surface area contributed by atoms with Gasteiger partial charge in [-0.05, 0) is 56.6 Å². The third-order valence-corrected chi connectivity index (χ3v) is 6.63. The molecule has 6 nitrogen and oxygen atoms in total. The molecule has 2 heterocycles. The molecule has 164 valence electrons. The van der Waals surface area contributed by atoms with Gasteiger partial charge in [-0.25, -0.2) is 9.97 Å². The first-order valence-corrected chi connectivity index (χ1v) is 11.3. The van der Waals surface area contributed by atoms with Crippen LogP contribution in [0.25, 0.3) is 11.1 Å². The minimum atomic E-state index is -0.637. The van der Waals surface area contributed by atoms with Gasteiger partial charge in [0, 0.05) is 43.0 Å². The highest BCUT2D eigenvalue weighted by molar-refractivity contribution is 5.87. The van der Waals surface area contributed by atoms with Crippen LogP contribution in [0.3, 0.4) is 0 Å². The van der Waals surface area contributed by atoms with E-state index in [4.69, 9.17) is 0 Å². The largest absolute Gasteiger partial charge is 0.353 e. The molecule has 31 heavy (non-hydrogen) atoms. The zero-order valence-corrected chi connectivity index (χ0v) is 18.7. The smallest absolute Gasteiger partial charge is 0.228 e. The zero-order valence-electron chi connectivity index (χ0n) is 18.7. The number of piperidine rings is 1. The molecule has 0 unspecified atom stereocenters. The lowest BCUT2D eigenvalue weighted by Gasteiger charge is -2.42. The lowest BCUT2D eigenvalue weighted by molar-refractivity contribution is -0.142. The molecule has 6 heteroatoms. The lowest BCUT2D eigenvalue weighted by Crippen LogP contribution is -2.55. The van der Waals surface area contributed by atoms with Gasteiger partial charge in [-0.2, -0.15) is 0 Å². The van der Waals surface area contributed by atoms with E-state index in [-0.39, 0.29) is 23.8 Å². The summed E-state index contributed by atoms with van der Waals surface area (Å²) in [5, 5.41) is 3.14. The number of rotatable bonds is 6. The van der Waals surface area contributed by atoms with Crippen LogP contribution < -0.4 is 5.32 Å². The van der Waals surface area contributed by atoms with Crippen LogP contribution in [-0.4, -0.2) is 45.8 Å². The van der Waals surface area contributed by atoms with E-state index in [1.165, 1.54) is 6.33 Å². The Kier molecular flexibility index (Phi) is 6.08. The fraction of sp³-hybridized carbons (Fsp3) is 0.520. The maximum absolute atomic E-state index is 13.5. The second-order valence-corrected chi connectivity index (χ2v) is 9.55. The van der Waals surface area contributed by atoms with Crippen molar-refractivity contribution in [3.63, 3.8) is 0 Å². The van der Waals surface area contributed by atoms with Crippen LogP contribution in [0, 0.1) is 17.3 Å². The Hall–Kier alpha value is -2.76. The average molecular weight is 421 g/mol. The fourth-order valence-corrected chi connectivity index (χ4v) is 4.80. The van der Waals surface area contributed by atoms with Crippen molar-refractivity contribution in [1.29, 1.82) is 0 Å². The highest BCUT2D eigenvalue weighted by Gasteiger charge is 2.48. The number of hydrogen-bond donors (Lipinski definition) is 1. The Morgan fingerprint density at radius 1 is 1.23 bits per heavy atom. The number of likely N-dealkylation sites (tertiary alicyclic amines) is 1. The number of aromatic nitrogens is 2.